The summed E-state index contributed by atoms with van der Waals surface area (Å²) in [6, 6.07) is 6.12. The zero-order chi connectivity index (χ0) is 23.9. The number of ether oxygens (including phenoxy) is 1. The molecule has 0 radical (unpaired) electrons. The predicted molar refractivity (Wildman–Crippen MR) is 132 cm³/mol. The molecule has 184 valence electrons. The number of piperidine rings is 1. The first-order chi connectivity index (χ1) is 16.6. The number of carbonyl (C=O) groups is 1. The van der Waals surface area contributed by atoms with Crippen molar-refractivity contribution in [2.24, 2.45) is 10.7 Å². The van der Waals surface area contributed by atoms with Crippen molar-refractivity contribution in [2.45, 2.75) is 76.8 Å². The molecular formula is C26H37N5O3. The summed E-state index contributed by atoms with van der Waals surface area (Å²) < 4.78 is 5.95. The number of nitrogens with zero attached hydrogens (tertiary/aromatic N) is 4. The number of guanidine groups is 1. The van der Waals surface area contributed by atoms with Gasteiger partial charge in [-0.15, -0.1) is 0 Å². The van der Waals surface area contributed by atoms with Gasteiger partial charge in [0.1, 0.15) is 5.75 Å². The van der Waals surface area contributed by atoms with E-state index < -0.39 is 0 Å². The van der Waals surface area contributed by atoms with Gasteiger partial charge in [0.15, 0.2) is 11.8 Å². The summed E-state index contributed by atoms with van der Waals surface area (Å²) in [5.41, 5.74) is 7.94. The quantitative estimate of drug-likeness (QED) is 0.464. The molecule has 0 unspecified atom stereocenters. The van der Waals surface area contributed by atoms with E-state index in [0.717, 1.165) is 55.8 Å². The zero-order valence-electron chi connectivity index (χ0n) is 20.3. The van der Waals surface area contributed by atoms with Gasteiger partial charge in [0.05, 0.1) is 18.8 Å². The lowest BCUT2D eigenvalue weighted by atomic mass is 9.94. The molecule has 2 heterocycles. The lowest BCUT2D eigenvalue weighted by Gasteiger charge is -2.36. The van der Waals surface area contributed by atoms with Crippen molar-refractivity contribution in [2.75, 3.05) is 26.7 Å². The van der Waals surface area contributed by atoms with Crippen LogP contribution in [0.4, 0.5) is 5.69 Å². The molecule has 1 amide bonds. The van der Waals surface area contributed by atoms with E-state index in [-0.39, 0.29) is 5.91 Å². The highest BCUT2D eigenvalue weighted by Gasteiger charge is 2.27. The number of rotatable bonds is 8. The first-order valence-corrected chi connectivity index (χ1v) is 12.7. The van der Waals surface area contributed by atoms with Gasteiger partial charge in [0, 0.05) is 38.2 Å². The molecule has 0 spiro atoms. The molecule has 8 nitrogen and oxygen atoms in total. The lowest BCUT2D eigenvalue weighted by molar-refractivity contribution is -0.132. The topological polar surface area (TPSA) is 91.5 Å². The number of carbonyl (C=O) groups excluding carboxylic acids is 2. The number of likely N-dealkylation sites (tertiary alicyclic amines) is 1. The molecule has 1 aliphatic carbocycles. The van der Waals surface area contributed by atoms with Gasteiger partial charge in [0.2, 0.25) is 11.9 Å². The van der Waals surface area contributed by atoms with Crippen LogP contribution in [0.15, 0.2) is 29.0 Å². The third-order valence-electron chi connectivity index (χ3n) is 7.21. The predicted octanol–water partition coefficient (Wildman–Crippen LogP) is 3.56. The van der Waals surface area contributed by atoms with Crippen molar-refractivity contribution in [3.63, 3.8) is 0 Å². The Labute approximate surface area is 202 Å². The molecular weight excluding hydrogens is 430 g/mol. The molecule has 0 bridgehead atoms. The minimum Gasteiger partial charge on any atom is -0.494 e. The van der Waals surface area contributed by atoms with Gasteiger partial charge < -0.3 is 20.3 Å². The Morgan fingerprint density at radius 2 is 1.91 bits per heavy atom. The summed E-state index contributed by atoms with van der Waals surface area (Å²) >= 11 is 0. The minimum atomic E-state index is 0.201. The lowest BCUT2D eigenvalue weighted by Crippen LogP contribution is -2.45. The van der Waals surface area contributed by atoms with Crippen LogP contribution >= 0.6 is 0 Å². The van der Waals surface area contributed by atoms with Gasteiger partial charge in [-0.05, 0) is 56.7 Å². The van der Waals surface area contributed by atoms with E-state index in [1.807, 2.05) is 35.0 Å². The van der Waals surface area contributed by atoms with Crippen LogP contribution in [0.25, 0.3) is 0 Å². The average Bonchev–Trinajstić information content (AvgIpc) is 2.88. The highest BCUT2D eigenvalue weighted by Crippen LogP contribution is 2.31. The molecule has 2 aliphatic heterocycles. The van der Waals surface area contributed by atoms with Crippen LogP contribution in [-0.2, 0) is 16.1 Å². The molecule has 1 aromatic rings. The van der Waals surface area contributed by atoms with Crippen LogP contribution in [0.3, 0.4) is 0 Å². The van der Waals surface area contributed by atoms with Crippen molar-refractivity contribution < 1.29 is 14.3 Å². The summed E-state index contributed by atoms with van der Waals surface area (Å²) in [6.45, 7) is 2.59. The smallest absolute Gasteiger partial charge is 0.222 e. The first kappa shape index (κ1) is 24.1. The second kappa shape index (κ2) is 11.4. The Hall–Kier alpha value is -2.99. The Bertz CT molecular complexity index is 944. The maximum atomic E-state index is 12.5. The Morgan fingerprint density at radius 3 is 2.65 bits per heavy atom. The molecule has 1 saturated heterocycles. The highest BCUT2D eigenvalue weighted by atomic mass is 16.5. The summed E-state index contributed by atoms with van der Waals surface area (Å²) in [5.74, 6) is 3.80. The molecule has 0 aromatic heterocycles. The molecule has 0 atom stereocenters. The van der Waals surface area contributed by atoms with E-state index in [2.05, 4.69) is 10.9 Å². The standard InChI is InChI=1S/C26H37N5O3/c1-29(21-9-4-2-5-10-21)25(33)11-8-16-34-22-12-13-23-20(17-22)18-31(26(27)28-23)24(19-32)30-14-6-3-7-15-30/h12-13,17,21H,2-11,14-16,18H2,1H3,(H2,27,28). The fourth-order valence-electron chi connectivity index (χ4n) is 5.16. The molecule has 1 saturated carbocycles. The van der Waals surface area contributed by atoms with Crippen molar-refractivity contribution >= 4 is 23.5 Å². The van der Waals surface area contributed by atoms with E-state index in [1.165, 1.54) is 25.7 Å². The van der Waals surface area contributed by atoms with Crippen LogP contribution < -0.4 is 10.5 Å². The Balaban J connectivity index is 1.31. The zero-order valence-corrected chi connectivity index (χ0v) is 20.3. The van der Waals surface area contributed by atoms with Gasteiger partial charge in [-0.3, -0.25) is 9.69 Å². The Morgan fingerprint density at radius 1 is 1.18 bits per heavy atom. The van der Waals surface area contributed by atoms with Crippen molar-refractivity contribution in [1.82, 2.24) is 14.7 Å². The third kappa shape index (κ3) is 5.73. The van der Waals surface area contributed by atoms with E-state index in [0.29, 0.717) is 43.8 Å². The molecule has 8 heteroatoms. The van der Waals surface area contributed by atoms with Gasteiger partial charge in [0.25, 0.3) is 0 Å². The number of aliphatic imine (C=N–C) groups is 1. The van der Waals surface area contributed by atoms with E-state index in [4.69, 9.17) is 10.5 Å². The van der Waals surface area contributed by atoms with Gasteiger partial charge >= 0.3 is 0 Å². The van der Waals surface area contributed by atoms with Crippen LogP contribution in [-0.4, -0.2) is 65.3 Å². The van der Waals surface area contributed by atoms with Crippen LogP contribution in [0.1, 0.15) is 69.8 Å². The number of fused-ring (bicyclic) bond motifs is 1. The molecule has 4 rings (SSSR count). The maximum absolute atomic E-state index is 12.5. The summed E-state index contributed by atoms with van der Waals surface area (Å²) in [7, 11) is 1.94. The molecule has 1 aromatic carbocycles. The number of nitrogens with two attached hydrogens (primary N) is 1. The summed E-state index contributed by atoms with van der Waals surface area (Å²) in [6.07, 6.45) is 10.4. The van der Waals surface area contributed by atoms with Crippen molar-refractivity contribution in [3.05, 3.63) is 29.6 Å². The van der Waals surface area contributed by atoms with E-state index in [1.54, 1.807) is 4.90 Å². The van der Waals surface area contributed by atoms with Crippen LogP contribution in [0, 0.1) is 0 Å². The van der Waals surface area contributed by atoms with Crippen molar-refractivity contribution in [3.8, 4) is 5.75 Å². The van der Waals surface area contributed by atoms with E-state index >= 15 is 0 Å². The third-order valence-corrected chi connectivity index (χ3v) is 7.21. The molecule has 2 fully saturated rings. The number of amides is 1. The van der Waals surface area contributed by atoms with Crippen LogP contribution in [0.5, 0.6) is 5.75 Å². The summed E-state index contributed by atoms with van der Waals surface area (Å²) in [5, 5.41) is 0. The number of benzene rings is 1. The van der Waals surface area contributed by atoms with Gasteiger partial charge in [-0.1, -0.05) is 19.3 Å². The molecule has 3 aliphatic rings. The number of hydrogen-bond acceptors (Lipinski definition) is 7. The first-order valence-electron chi connectivity index (χ1n) is 12.7. The molecule has 34 heavy (non-hydrogen) atoms. The number of hydrogen-bond donors (Lipinski definition) is 1. The maximum Gasteiger partial charge on any atom is 0.222 e. The largest absolute Gasteiger partial charge is 0.494 e. The van der Waals surface area contributed by atoms with Gasteiger partial charge in [-0.25, -0.2) is 9.79 Å². The normalized spacial score (nSPS) is 18.6. The summed E-state index contributed by atoms with van der Waals surface area (Å²) in [4.78, 5) is 34.6. The molecule has 2 N–H and O–H groups in total. The fourth-order valence-corrected chi connectivity index (χ4v) is 5.16. The van der Waals surface area contributed by atoms with E-state index in [9.17, 15) is 9.59 Å². The van der Waals surface area contributed by atoms with Crippen molar-refractivity contribution in [1.29, 1.82) is 0 Å². The second-order valence-corrected chi connectivity index (χ2v) is 9.57. The van der Waals surface area contributed by atoms with Gasteiger partial charge in [-0.2, -0.15) is 0 Å². The monoisotopic (exact) mass is 467 g/mol. The Kier molecular flexibility index (Phi) is 8.12. The highest BCUT2D eigenvalue weighted by molar-refractivity contribution is 5.86. The average molecular weight is 468 g/mol. The van der Waals surface area contributed by atoms with Crippen LogP contribution in [0.2, 0.25) is 0 Å². The minimum absolute atomic E-state index is 0.201. The second-order valence-electron chi connectivity index (χ2n) is 9.57. The SMILES string of the molecule is CN(C(=O)CCCOc1ccc2c(c1)CN(C(=C=O)N1CCCCC1)C(N)=N2)C1CCCCC1. The fraction of sp³-hybridized carbons (Fsp3) is 0.615.